The highest BCUT2D eigenvalue weighted by atomic mass is 27.2. The first-order valence-corrected chi connectivity index (χ1v) is 12.0. The zero-order chi connectivity index (χ0) is 17.9. The lowest BCUT2D eigenvalue weighted by molar-refractivity contribution is 0.262. The monoisotopic (exact) mass is 342 g/mol. The molecule has 0 rings (SSSR count). The van der Waals surface area contributed by atoms with Crippen LogP contribution < -0.4 is 0 Å². The third kappa shape index (κ3) is 10.2. The van der Waals surface area contributed by atoms with E-state index in [-0.39, 0.29) is 5.48 Å². The highest BCUT2D eigenvalue weighted by Gasteiger charge is 2.34. The van der Waals surface area contributed by atoms with E-state index in [2.05, 4.69) is 83.1 Å². The van der Waals surface area contributed by atoms with Crippen LogP contribution in [0.4, 0.5) is 0 Å². The second-order valence-electron chi connectivity index (χ2n) is 11.4. The Labute approximate surface area is 152 Å². The summed E-state index contributed by atoms with van der Waals surface area (Å²) in [6.45, 7) is 29.3. The van der Waals surface area contributed by atoms with Crippen LogP contribution >= 0.6 is 0 Å². The van der Waals surface area contributed by atoms with E-state index >= 15 is 0 Å². The van der Waals surface area contributed by atoms with Gasteiger partial charge in [0.05, 0.1) is 0 Å². The lowest BCUT2D eigenvalue weighted by Crippen LogP contribution is -2.32. The van der Waals surface area contributed by atoms with Gasteiger partial charge in [0.25, 0.3) is 14.1 Å². The van der Waals surface area contributed by atoms with Crippen LogP contribution in [0.25, 0.3) is 0 Å². The van der Waals surface area contributed by atoms with E-state index in [9.17, 15) is 0 Å². The third-order valence-electron chi connectivity index (χ3n) is 6.50. The molecule has 0 aromatic carbocycles. The van der Waals surface area contributed by atoms with E-state index in [0.29, 0.717) is 16.2 Å². The maximum absolute atomic E-state index is 2.49. The van der Waals surface area contributed by atoms with Gasteiger partial charge in [0.2, 0.25) is 0 Å². The summed E-state index contributed by atoms with van der Waals surface area (Å²) in [6, 6.07) is 0. The molecular weight excluding hydrogens is 295 g/mol. The van der Waals surface area contributed by atoms with Crippen molar-refractivity contribution in [3.8, 4) is 0 Å². The van der Waals surface area contributed by atoms with Crippen molar-refractivity contribution in [2.45, 2.75) is 98.9 Å². The van der Waals surface area contributed by atoms with Crippen molar-refractivity contribution >= 4 is 14.1 Å². The molecule has 3 unspecified atom stereocenters. The van der Waals surface area contributed by atoms with Gasteiger partial charge in [-0.25, -0.2) is 0 Å². The molecule has 0 aliphatic heterocycles. The van der Waals surface area contributed by atoms with Gasteiger partial charge in [0, 0.05) is 0 Å². The minimum Gasteiger partial charge on any atom is -0.412 e. The van der Waals surface area contributed by atoms with Gasteiger partial charge < -0.3 is 5.48 Å². The summed E-state index contributed by atoms with van der Waals surface area (Å²) in [7, 11) is 0. The molecule has 2 N–H and O–H groups in total. The molecule has 3 atom stereocenters. The molecule has 0 aromatic rings. The molecule has 0 aliphatic carbocycles. The van der Waals surface area contributed by atoms with Crippen LogP contribution in [-0.2, 0) is 0 Å². The van der Waals surface area contributed by atoms with Gasteiger partial charge in [-0.3, -0.25) is 0 Å². The molecule has 0 radical (unpaired) electrons. The van der Waals surface area contributed by atoms with Gasteiger partial charge in [-0.15, -0.1) is 0 Å². The molecule has 0 amide bonds. The van der Waals surface area contributed by atoms with E-state index in [4.69, 9.17) is 0 Å². The highest BCUT2D eigenvalue weighted by molar-refractivity contribution is 6.59. The SMILES string of the molecule is CC([CH2][Al]([CH2]C(C)C(C)(C)C)[CH2]C(C)C(C)(C)C)C(C)(C)C.O. The van der Waals surface area contributed by atoms with E-state index in [0.717, 1.165) is 17.8 Å². The maximum atomic E-state index is 2.49. The lowest BCUT2D eigenvalue weighted by Gasteiger charge is -2.36. The largest absolute Gasteiger partial charge is 0.412 e. The first-order chi connectivity index (χ1) is 9.55. The van der Waals surface area contributed by atoms with Gasteiger partial charge in [-0.2, -0.15) is 0 Å². The van der Waals surface area contributed by atoms with Crippen LogP contribution in [0.5, 0.6) is 0 Å². The third-order valence-corrected chi connectivity index (χ3v) is 10.6. The van der Waals surface area contributed by atoms with Crippen molar-refractivity contribution in [3.05, 3.63) is 0 Å². The first kappa shape index (κ1) is 25.7. The van der Waals surface area contributed by atoms with Gasteiger partial charge >= 0.3 is 0 Å². The molecule has 0 fully saturated rings. The Hall–Kier alpha value is 0.492. The number of rotatable bonds is 6. The van der Waals surface area contributed by atoms with E-state index in [1.165, 1.54) is 15.8 Å². The van der Waals surface area contributed by atoms with Crippen molar-refractivity contribution in [1.82, 2.24) is 0 Å². The molecule has 0 saturated carbocycles. The Kier molecular flexibility index (Phi) is 10.4. The summed E-state index contributed by atoms with van der Waals surface area (Å²) in [4.78, 5) is 0. The molecule has 0 spiro atoms. The Morgan fingerprint density at radius 1 is 0.522 bits per heavy atom. The minimum atomic E-state index is -0.707. The van der Waals surface area contributed by atoms with E-state index in [1.54, 1.807) is 0 Å². The summed E-state index contributed by atoms with van der Waals surface area (Å²) in [5.41, 5.74) is 1.38. The minimum absolute atomic E-state index is 0. The van der Waals surface area contributed by atoms with Crippen LogP contribution in [0, 0.1) is 34.0 Å². The average molecular weight is 343 g/mol. The molecule has 0 bridgehead atoms. The molecule has 2 heteroatoms. The number of hydrogen-bond acceptors (Lipinski definition) is 0. The zero-order valence-electron chi connectivity index (χ0n) is 18.4. The molecular formula is C21H47AlO. The van der Waals surface area contributed by atoms with E-state index < -0.39 is 14.1 Å². The summed E-state index contributed by atoms with van der Waals surface area (Å²) < 4.78 is 0. The Morgan fingerprint density at radius 3 is 0.826 bits per heavy atom. The lowest BCUT2D eigenvalue weighted by atomic mass is 9.83. The molecule has 0 aliphatic rings. The van der Waals surface area contributed by atoms with Crippen molar-refractivity contribution < 1.29 is 5.48 Å². The average Bonchev–Trinajstić information content (AvgIpc) is 2.24. The molecule has 23 heavy (non-hydrogen) atoms. The van der Waals surface area contributed by atoms with Gasteiger partial charge in [0.15, 0.2) is 0 Å². The number of hydrogen-bond donors (Lipinski definition) is 0. The van der Waals surface area contributed by atoms with Gasteiger partial charge in [-0.1, -0.05) is 117 Å². The standard InChI is InChI=1S/3C7H15.Al.H2O/c3*1-6(2)7(3,4)5;;/h3*6H,1H2,2-5H3;;1H2. The summed E-state index contributed by atoms with van der Waals surface area (Å²) >= 11 is -0.707. The Bertz CT molecular complexity index is 264. The van der Waals surface area contributed by atoms with Crippen molar-refractivity contribution in [3.63, 3.8) is 0 Å². The van der Waals surface area contributed by atoms with Crippen molar-refractivity contribution in [2.24, 2.45) is 34.0 Å². The van der Waals surface area contributed by atoms with Crippen LogP contribution in [0.15, 0.2) is 0 Å². The predicted molar refractivity (Wildman–Crippen MR) is 110 cm³/mol. The van der Waals surface area contributed by atoms with E-state index in [1.807, 2.05) is 0 Å². The van der Waals surface area contributed by atoms with Crippen molar-refractivity contribution in [2.75, 3.05) is 0 Å². The predicted octanol–water partition coefficient (Wildman–Crippen LogP) is 6.70. The molecule has 1 nitrogen and oxygen atoms in total. The normalized spacial score (nSPS) is 17.2. The Morgan fingerprint density at radius 2 is 0.696 bits per heavy atom. The fourth-order valence-corrected chi connectivity index (χ4v) is 8.55. The highest BCUT2D eigenvalue weighted by Crippen LogP contribution is 2.39. The van der Waals surface area contributed by atoms with Gasteiger partial charge in [0.1, 0.15) is 0 Å². The zero-order valence-corrected chi connectivity index (χ0v) is 19.6. The molecule has 140 valence electrons. The molecule has 0 heterocycles. The second-order valence-corrected chi connectivity index (χ2v) is 14.5. The van der Waals surface area contributed by atoms with Crippen LogP contribution in [0.1, 0.15) is 83.1 Å². The maximum Gasteiger partial charge on any atom is 0.262 e. The summed E-state index contributed by atoms with van der Waals surface area (Å²) in [5, 5.41) is 4.55. The topological polar surface area (TPSA) is 31.5 Å². The van der Waals surface area contributed by atoms with Crippen LogP contribution in [-0.4, -0.2) is 19.6 Å². The summed E-state index contributed by atoms with van der Waals surface area (Å²) in [5.74, 6) is 2.55. The Balaban J connectivity index is 0. The smallest absolute Gasteiger partial charge is 0.262 e. The fourth-order valence-electron chi connectivity index (χ4n) is 2.85. The first-order valence-electron chi connectivity index (χ1n) is 9.55. The van der Waals surface area contributed by atoms with Crippen LogP contribution in [0.3, 0.4) is 0 Å². The second kappa shape index (κ2) is 9.26. The quantitative estimate of drug-likeness (QED) is 0.481. The van der Waals surface area contributed by atoms with Crippen LogP contribution in [0.2, 0.25) is 15.8 Å². The summed E-state index contributed by atoms with van der Waals surface area (Å²) in [6.07, 6.45) is 0. The van der Waals surface area contributed by atoms with Gasteiger partial charge in [-0.05, 0) is 16.2 Å². The van der Waals surface area contributed by atoms with Crippen molar-refractivity contribution in [1.29, 1.82) is 0 Å². The molecule has 0 aromatic heterocycles. The fraction of sp³-hybridized carbons (Fsp3) is 1.00. The molecule has 0 saturated heterocycles.